The molecule has 104 valence electrons. The van der Waals surface area contributed by atoms with Gasteiger partial charge in [0.2, 0.25) is 0 Å². The highest BCUT2D eigenvalue weighted by Gasteiger charge is 2.27. The summed E-state index contributed by atoms with van der Waals surface area (Å²) in [6, 6.07) is 3.46. The van der Waals surface area contributed by atoms with Crippen LogP contribution in [-0.2, 0) is 17.8 Å². The van der Waals surface area contributed by atoms with Gasteiger partial charge in [-0.2, -0.15) is 0 Å². The van der Waals surface area contributed by atoms with E-state index in [1.165, 1.54) is 6.07 Å². The Morgan fingerprint density at radius 1 is 1.30 bits per heavy atom. The summed E-state index contributed by atoms with van der Waals surface area (Å²) in [5.74, 6) is -2.25. The first-order chi connectivity index (χ1) is 9.56. The Morgan fingerprint density at radius 3 is 2.80 bits per heavy atom. The second kappa shape index (κ2) is 4.66. The van der Waals surface area contributed by atoms with Crippen molar-refractivity contribution in [2.75, 3.05) is 0 Å². The topological polar surface area (TPSA) is 68.0 Å². The van der Waals surface area contributed by atoms with Gasteiger partial charge in [0.1, 0.15) is 5.82 Å². The van der Waals surface area contributed by atoms with Crippen LogP contribution in [0.4, 0.5) is 8.78 Å². The van der Waals surface area contributed by atoms with Crippen molar-refractivity contribution in [3.63, 3.8) is 0 Å². The summed E-state index contributed by atoms with van der Waals surface area (Å²) in [7, 11) is 0. The molecule has 2 heterocycles. The smallest absolute Gasteiger partial charge is 0.308 e. The van der Waals surface area contributed by atoms with Gasteiger partial charge in [-0.25, -0.2) is 8.78 Å². The van der Waals surface area contributed by atoms with Gasteiger partial charge in [-0.15, -0.1) is 10.2 Å². The minimum absolute atomic E-state index is 0.242. The van der Waals surface area contributed by atoms with Crippen LogP contribution in [0.3, 0.4) is 0 Å². The van der Waals surface area contributed by atoms with Crippen molar-refractivity contribution < 1.29 is 18.7 Å². The van der Waals surface area contributed by atoms with Crippen LogP contribution in [0.1, 0.15) is 12.2 Å². The summed E-state index contributed by atoms with van der Waals surface area (Å²) in [5.41, 5.74) is 0.383. The van der Waals surface area contributed by atoms with E-state index in [1.54, 1.807) is 4.57 Å². The lowest BCUT2D eigenvalue weighted by Gasteiger charge is -2.21. The fourth-order valence-corrected chi connectivity index (χ4v) is 2.38. The van der Waals surface area contributed by atoms with Gasteiger partial charge in [0.25, 0.3) is 0 Å². The van der Waals surface area contributed by atoms with E-state index in [9.17, 15) is 13.6 Å². The van der Waals surface area contributed by atoms with E-state index < -0.39 is 23.5 Å². The van der Waals surface area contributed by atoms with E-state index in [2.05, 4.69) is 10.2 Å². The van der Waals surface area contributed by atoms with Gasteiger partial charge in [-0.3, -0.25) is 4.79 Å². The van der Waals surface area contributed by atoms with Gasteiger partial charge >= 0.3 is 5.97 Å². The van der Waals surface area contributed by atoms with Gasteiger partial charge in [-0.1, -0.05) is 0 Å². The maximum absolute atomic E-state index is 13.3. The summed E-state index contributed by atoms with van der Waals surface area (Å²) < 4.78 is 27.9. The molecule has 0 fully saturated rings. The lowest BCUT2D eigenvalue weighted by atomic mass is 9.99. The largest absolute Gasteiger partial charge is 0.481 e. The second-order valence-electron chi connectivity index (χ2n) is 4.75. The van der Waals surface area contributed by atoms with Crippen LogP contribution in [0.5, 0.6) is 0 Å². The number of fused-ring (bicyclic) bond motifs is 1. The number of carboxylic acid groups (broad SMARTS) is 1. The number of carbonyl (C=O) groups is 1. The summed E-state index contributed by atoms with van der Waals surface area (Å²) in [4.78, 5) is 11.1. The lowest BCUT2D eigenvalue weighted by Crippen LogP contribution is -2.27. The van der Waals surface area contributed by atoms with Crippen molar-refractivity contribution in [3.8, 4) is 11.4 Å². The fraction of sp³-hybridized carbons (Fsp3) is 0.308. The monoisotopic (exact) mass is 279 g/mol. The first kappa shape index (κ1) is 12.7. The van der Waals surface area contributed by atoms with Gasteiger partial charge in [0.05, 0.1) is 5.92 Å². The number of benzene rings is 1. The number of hydrogen-bond acceptors (Lipinski definition) is 3. The van der Waals surface area contributed by atoms with Crippen LogP contribution in [0.2, 0.25) is 0 Å². The number of carboxylic acids is 1. The molecule has 5 nitrogen and oxygen atoms in total. The van der Waals surface area contributed by atoms with E-state index in [0.29, 0.717) is 30.1 Å². The molecule has 1 atom stereocenters. The standard InChI is InChI=1S/C13H11F2N3O2/c14-9-3-1-7(5-10(9)15)12-17-16-11-4-2-8(13(19)20)6-18(11)12/h1,3,5,8H,2,4,6H2,(H,19,20). The third-order valence-electron chi connectivity index (χ3n) is 3.47. The van der Waals surface area contributed by atoms with Crippen LogP contribution < -0.4 is 0 Å². The SMILES string of the molecule is O=C(O)C1CCc2nnc(-c3ccc(F)c(F)c3)n2C1. The molecule has 1 N–H and O–H groups in total. The molecule has 2 aromatic rings. The number of aliphatic carboxylic acids is 1. The minimum Gasteiger partial charge on any atom is -0.481 e. The lowest BCUT2D eigenvalue weighted by molar-refractivity contribution is -0.142. The highest BCUT2D eigenvalue weighted by molar-refractivity contribution is 5.70. The maximum Gasteiger partial charge on any atom is 0.308 e. The predicted octanol–water partition coefficient (Wildman–Crippen LogP) is 1.87. The zero-order valence-corrected chi connectivity index (χ0v) is 10.4. The number of aryl methyl sites for hydroxylation is 1. The fourth-order valence-electron chi connectivity index (χ4n) is 2.38. The Kier molecular flexibility index (Phi) is 2.96. The number of nitrogens with zero attached hydrogens (tertiary/aromatic N) is 3. The van der Waals surface area contributed by atoms with Gasteiger partial charge in [0, 0.05) is 18.5 Å². The molecule has 1 unspecified atom stereocenters. The molecule has 0 spiro atoms. The van der Waals surface area contributed by atoms with Crippen LogP contribution in [0, 0.1) is 17.6 Å². The number of halogens is 2. The van der Waals surface area contributed by atoms with Gasteiger partial charge in [0.15, 0.2) is 17.5 Å². The van der Waals surface area contributed by atoms with Gasteiger partial charge in [-0.05, 0) is 24.6 Å². The van der Waals surface area contributed by atoms with Crippen molar-refractivity contribution in [1.82, 2.24) is 14.8 Å². The molecule has 20 heavy (non-hydrogen) atoms. The Balaban J connectivity index is 2.02. The molecule has 0 radical (unpaired) electrons. The van der Waals surface area contributed by atoms with E-state index in [0.717, 1.165) is 12.1 Å². The van der Waals surface area contributed by atoms with Crippen LogP contribution in [0.25, 0.3) is 11.4 Å². The molecule has 1 aliphatic rings. The van der Waals surface area contributed by atoms with Crippen molar-refractivity contribution in [2.24, 2.45) is 5.92 Å². The van der Waals surface area contributed by atoms with Crippen molar-refractivity contribution >= 4 is 5.97 Å². The molecule has 0 amide bonds. The van der Waals surface area contributed by atoms with Crippen molar-refractivity contribution in [1.29, 1.82) is 0 Å². The third kappa shape index (κ3) is 2.04. The molecule has 1 aliphatic heterocycles. The zero-order valence-electron chi connectivity index (χ0n) is 10.4. The van der Waals surface area contributed by atoms with Crippen molar-refractivity contribution in [3.05, 3.63) is 35.7 Å². The maximum atomic E-state index is 13.3. The van der Waals surface area contributed by atoms with Crippen LogP contribution in [-0.4, -0.2) is 25.8 Å². The molecule has 3 rings (SSSR count). The molecular weight excluding hydrogens is 268 g/mol. The Morgan fingerprint density at radius 2 is 2.10 bits per heavy atom. The molecule has 0 aliphatic carbocycles. The summed E-state index contributed by atoms with van der Waals surface area (Å²) in [5, 5.41) is 17.0. The Labute approximate surface area is 112 Å². The first-order valence-corrected chi connectivity index (χ1v) is 6.16. The minimum atomic E-state index is -0.967. The zero-order chi connectivity index (χ0) is 14.3. The highest BCUT2D eigenvalue weighted by atomic mass is 19.2. The van der Waals surface area contributed by atoms with Crippen LogP contribution in [0.15, 0.2) is 18.2 Å². The second-order valence-corrected chi connectivity index (χ2v) is 4.75. The molecule has 0 saturated heterocycles. The normalized spacial score (nSPS) is 17.8. The van der Waals surface area contributed by atoms with E-state index >= 15 is 0 Å². The summed E-state index contributed by atoms with van der Waals surface area (Å²) >= 11 is 0. The first-order valence-electron chi connectivity index (χ1n) is 6.16. The number of hydrogen-bond donors (Lipinski definition) is 1. The van der Waals surface area contributed by atoms with E-state index in [1.807, 2.05) is 0 Å². The number of rotatable bonds is 2. The molecule has 1 aromatic heterocycles. The van der Waals surface area contributed by atoms with Gasteiger partial charge < -0.3 is 9.67 Å². The predicted molar refractivity (Wildman–Crippen MR) is 64.8 cm³/mol. The average molecular weight is 279 g/mol. The van der Waals surface area contributed by atoms with E-state index in [-0.39, 0.29) is 6.54 Å². The highest BCUT2D eigenvalue weighted by Crippen LogP contribution is 2.26. The molecule has 7 heteroatoms. The molecule has 1 aromatic carbocycles. The Bertz CT molecular complexity index is 684. The Hall–Kier alpha value is -2.31. The third-order valence-corrected chi connectivity index (χ3v) is 3.47. The van der Waals surface area contributed by atoms with Crippen LogP contribution >= 0.6 is 0 Å². The molecular formula is C13H11F2N3O2. The average Bonchev–Trinajstić information content (AvgIpc) is 2.84. The molecule has 0 bridgehead atoms. The quantitative estimate of drug-likeness (QED) is 0.911. The summed E-state index contributed by atoms with van der Waals surface area (Å²) in [6.07, 6.45) is 1.01. The van der Waals surface area contributed by atoms with Crippen molar-refractivity contribution in [2.45, 2.75) is 19.4 Å². The molecule has 0 saturated carbocycles. The summed E-state index contributed by atoms with van der Waals surface area (Å²) in [6.45, 7) is 0.242. The number of aromatic nitrogens is 3. The van der Waals surface area contributed by atoms with E-state index in [4.69, 9.17) is 5.11 Å².